The van der Waals surface area contributed by atoms with E-state index in [1.165, 1.54) is 33.3 Å². The van der Waals surface area contributed by atoms with E-state index >= 15 is 0 Å². The number of pyridine rings is 1. The Kier molecular flexibility index (Phi) is 4.16. The van der Waals surface area contributed by atoms with Crippen LogP contribution in [0.15, 0.2) is 48.7 Å². The largest absolute Gasteiger partial charge is 0.378 e. The molecular formula is C21H22N2. The van der Waals surface area contributed by atoms with Gasteiger partial charge in [-0.3, -0.25) is 4.98 Å². The molecule has 3 aromatic rings. The highest BCUT2D eigenvalue weighted by Gasteiger charge is 2.03. The van der Waals surface area contributed by atoms with E-state index in [-0.39, 0.29) is 0 Å². The molecule has 0 aliphatic carbocycles. The Morgan fingerprint density at radius 3 is 2.35 bits per heavy atom. The lowest BCUT2D eigenvalue weighted by Crippen LogP contribution is -2.07. The normalized spacial score (nSPS) is 11.3. The third-order valence-corrected chi connectivity index (χ3v) is 4.08. The summed E-state index contributed by atoms with van der Waals surface area (Å²) in [5, 5.41) is 1.21. The molecule has 0 fully saturated rings. The predicted molar refractivity (Wildman–Crippen MR) is 101 cm³/mol. The Hall–Kier alpha value is -2.61. The van der Waals surface area contributed by atoms with E-state index in [2.05, 4.69) is 92.4 Å². The van der Waals surface area contributed by atoms with Crippen molar-refractivity contribution in [3.8, 4) is 0 Å². The van der Waals surface area contributed by atoms with Crippen LogP contribution in [0.4, 0.5) is 5.69 Å². The quantitative estimate of drug-likeness (QED) is 0.670. The minimum absolute atomic E-state index is 1.08. The fourth-order valence-corrected chi connectivity index (χ4v) is 2.85. The van der Waals surface area contributed by atoms with Crippen molar-refractivity contribution >= 4 is 28.7 Å². The number of fused-ring (bicyclic) bond motifs is 1. The first-order valence-electron chi connectivity index (χ1n) is 7.86. The maximum atomic E-state index is 4.53. The maximum Gasteiger partial charge on any atom is 0.0737 e. The fraction of sp³-hybridized carbons (Fsp3) is 0.190. The minimum atomic E-state index is 1.08. The molecule has 1 heterocycles. The highest BCUT2D eigenvalue weighted by molar-refractivity contribution is 5.92. The molecule has 0 aliphatic heterocycles. The van der Waals surface area contributed by atoms with E-state index in [4.69, 9.17) is 0 Å². The van der Waals surface area contributed by atoms with E-state index in [1.807, 2.05) is 6.20 Å². The van der Waals surface area contributed by atoms with Crippen molar-refractivity contribution in [2.75, 3.05) is 19.0 Å². The molecule has 0 spiro atoms. The van der Waals surface area contributed by atoms with Crippen LogP contribution in [0, 0.1) is 13.8 Å². The standard InChI is InChI=1S/C21H22N2/c1-15-13-16(2)21-20(14-15)18(11-12-22-21)8-5-17-6-9-19(10-7-17)23(3)4/h5-14H,1-4H3/b8-5-. The summed E-state index contributed by atoms with van der Waals surface area (Å²) in [5.41, 5.74) is 7.20. The Balaban J connectivity index is 1.98. The van der Waals surface area contributed by atoms with Crippen molar-refractivity contribution < 1.29 is 0 Å². The Morgan fingerprint density at radius 1 is 0.913 bits per heavy atom. The van der Waals surface area contributed by atoms with Crippen LogP contribution in [0.5, 0.6) is 0 Å². The lowest BCUT2D eigenvalue weighted by Gasteiger charge is -2.11. The van der Waals surface area contributed by atoms with Crippen molar-refractivity contribution in [3.63, 3.8) is 0 Å². The number of aromatic nitrogens is 1. The van der Waals surface area contributed by atoms with Gasteiger partial charge in [0.05, 0.1) is 5.52 Å². The van der Waals surface area contributed by atoms with Crippen molar-refractivity contribution in [2.45, 2.75) is 13.8 Å². The molecule has 2 aromatic carbocycles. The van der Waals surface area contributed by atoms with Crippen LogP contribution in [-0.4, -0.2) is 19.1 Å². The molecule has 0 saturated heterocycles. The molecule has 0 N–H and O–H groups in total. The van der Waals surface area contributed by atoms with Gasteiger partial charge in [0.1, 0.15) is 0 Å². The molecule has 0 aliphatic rings. The molecule has 2 heteroatoms. The Labute approximate surface area is 138 Å². The molecule has 3 rings (SSSR count). The predicted octanol–water partition coefficient (Wildman–Crippen LogP) is 5.09. The number of hydrogen-bond donors (Lipinski definition) is 0. The van der Waals surface area contributed by atoms with Gasteiger partial charge in [-0.1, -0.05) is 35.9 Å². The number of benzene rings is 2. The van der Waals surface area contributed by atoms with Crippen LogP contribution in [-0.2, 0) is 0 Å². The molecule has 0 saturated carbocycles. The third kappa shape index (κ3) is 3.26. The number of aryl methyl sites for hydroxylation is 2. The molecule has 0 amide bonds. The summed E-state index contributed by atoms with van der Waals surface area (Å²) < 4.78 is 0. The van der Waals surface area contributed by atoms with Crippen molar-refractivity contribution in [1.29, 1.82) is 0 Å². The molecule has 0 unspecified atom stereocenters. The van der Waals surface area contributed by atoms with Crippen LogP contribution in [0.1, 0.15) is 22.3 Å². The maximum absolute atomic E-state index is 4.53. The van der Waals surface area contributed by atoms with Crippen LogP contribution < -0.4 is 4.90 Å². The summed E-state index contributed by atoms with van der Waals surface area (Å²) in [5.74, 6) is 0. The summed E-state index contributed by atoms with van der Waals surface area (Å²) >= 11 is 0. The lowest BCUT2D eigenvalue weighted by molar-refractivity contribution is 1.13. The number of rotatable bonds is 3. The van der Waals surface area contributed by atoms with Gasteiger partial charge >= 0.3 is 0 Å². The van der Waals surface area contributed by atoms with Crippen molar-refractivity contribution in [2.24, 2.45) is 0 Å². The average Bonchev–Trinajstić information content (AvgIpc) is 2.53. The second-order valence-corrected chi connectivity index (χ2v) is 6.20. The van der Waals surface area contributed by atoms with Gasteiger partial charge in [0, 0.05) is 31.4 Å². The molecule has 2 nitrogen and oxygen atoms in total. The van der Waals surface area contributed by atoms with E-state index in [0.29, 0.717) is 0 Å². The van der Waals surface area contributed by atoms with Gasteiger partial charge < -0.3 is 4.90 Å². The second kappa shape index (κ2) is 6.25. The summed E-state index contributed by atoms with van der Waals surface area (Å²) in [4.78, 5) is 6.64. The van der Waals surface area contributed by atoms with Crippen LogP contribution in [0.25, 0.3) is 23.1 Å². The average molecular weight is 302 g/mol. The summed E-state index contributed by atoms with van der Waals surface area (Å²) in [6.45, 7) is 4.25. The lowest BCUT2D eigenvalue weighted by atomic mass is 10.0. The highest BCUT2D eigenvalue weighted by atomic mass is 15.1. The Bertz CT molecular complexity index is 859. The first-order valence-corrected chi connectivity index (χ1v) is 7.86. The highest BCUT2D eigenvalue weighted by Crippen LogP contribution is 2.24. The van der Waals surface area contributed by atoms with Crippen molar-refractivity contribution in [1.82, 2.24) is 4.98 Å². The first-order chi connectivity index (χ1) is 11.0. The zero-order valence-electron chi connectivity index (χ0n) is 14.2. The molecule has 1 aromatic heterocycles. The number of nitrogens with zero attached hydrogens (tertiary/aromatic N) is 2. The number of anilines is 1. The zero-order valence-corrected chi connectivity index (χ0v) is 14.2. The number of hydrogen-bond acceptors (Lipinski definition) is 2. The summed E-state index contributed by atoms with van der Waals surface area (Å²) in [7, 11) is 4.11. The monoisotopic (exact) mass is 302 g/mol. The Morgan fingerprint density at radius 2 is 1.65 bits per heavy atom. The van der Waals surface area contributed by atoms with Crippen LogP contribution >= 0.6 is 0 Å². The molecule has 0 atom stereocenters. The molecule has 0 radical (unpaired) electrons. The van der Waals surface area contributed by atoms with Gasteiger partial charge in [0.25, 0.3) is 0 Å². The minimum Gasteiger partial charge on any atom is -0.378 e. The van der Waals surface area contributed by atoms with Crippen molar-refractivity contribution in [3.05, 3.63) is 70.9 Å². The molecular weight excluding hydrogens is 280 g/mol. The third-order valence-electron chi connectivity index (χ3n) is 4.08. The molecule has 23 heavy (non-hydrogen) atoms. The zero-order chi connectivity index (χ0) is 16.4. The van der Waals surface area contributed by atoms with E-state index in [1.54, 1.807) is 0 Å². The molecule has 116 valence electrons. The van der Waals surface area contributed by atoms with E-state index < -0.39 is 0 Å². The SMILES string of the molecule is Cc1cc(C)c2nccc(/C=C\c3ccc(N(C)C)cc3)c2c1. The smallest absolute Gasteiger partial charge is 0.0737 e. The second-order valence-electron chi connectivity index (χ2n) is 6.20. The fourth-order valence-electron chi connectivity index (χ4n) is 2.85. The van der Waals surface area contributed by atoms with E-state index in [0.717, 1.165) is 5.52 Å². The van der Waals surface area contributed by atoms with Crippen LogP contribution in [0.3, 0.4) is 0 Å². The van der Waals surface area contributed by atoms with Gasteiger partial charge in [-0.25, -0.2) is 0 Å². The van der Waals surface area contributed by atoms with Gasteiger partial charge in [-0.05, 0) is 54.8 Å². The van der Waals surface area contributed by atoms with E-state index in [9.17, 15) is 0 Å². The first kappa shape index (κ1) is 15.3. The topological polar surface area (TPSA) is 16.1 Å². The van der Waals surface area contributed by atoms with Gasteiger partial charge in [-0.2, -0.15) is 0 Å². The summed E-state index contributed by atoms with van der Waals surface area (Å²) in [6.07, 6.45) is 6.22. The van der Waals surface area contributed by atoms with Crippen LogP contribution in [0.2, 0.25) is 0 Å². The van der Waals surface area contributed by atoms with Gasteiger partial charge in [-0.15, -0.1) is 0 Å². The summed E-state index contributed by atoms with van der Waals surface area (Å²) in [6, 6.07) is 15.0. The van der Waals surface area contributed by atoms with Gasteiger partial charge in [0.2, 0.25) is 0 Å². The van der Waals surface area contributed by atoms with Gasteiger partial charge in [0.15, 0.2) is 0 Å². The molecule has 0 bridgehead atoms.